The van der Waals surface area contributed by atoms with E-state index in [1.807, 2.05) is 30.5 Å². The first-order valence-electron chi connectivity index (χ1n) is 8.34. The third-order valence-corrected chi connectivity index (χ3v) is 5.72. The number of H-pyrrole nitrogens is 1. The Bertz CT molecular complexity index is 1010. The van der Waals surface area contributed by atoms with Crippen LogP contribution in [0.1, 0.15) is 17.5 Å². The number of rotatable bonds is 7. The van der Waals surface area contributed by atoms with Gasteiger partial charge in [-0.25, -0.2) is 13.1 Å². The number of fused-ring (bicyclic) bond motifs is 1. The quantitative estimate of drug-likeness (QED) is 0.595. The summed E-state index contributed by atoms with van der Waals surface area (Å²) in [5.74, 6) is -0.0396. The molecule has 26 heavy (non-hydrogen) atoms. The highest BCUT2D eigenvalue weighted by molar-refractivity contribution is 7.89. The Labute approximate surface area is 152 Å². The summed E-state index contributed by atoms with van der Waals surface area (Å²) < 4.78 is 25.6. The average molecular weight is 371 g/mol. The standard InChI is InChI=1S/C19H21N3O3S/c1-20-26(24,25)16-9-6-14(7-10-16)12-22-19(23)11-8-15-13-21-18-5-3-2-4-17(15)18/h2-7,9-10,13,20-21H,8,11-12H2,1H3,(H,22,23). The maximum atomic E-state index is 12.1. The number of aromatic amines is 1. The number of aromatic nitrogens is 1. The first-order chi connectivity index (χ1) is 12.5. The van der Waals surface area contributed by atoms with Crippen molar-refractivity contribution in [3.05, 3.63) is 65.9 Å². The second-order valence-electron chi connectivity index (χ2n) is 5.99. The van der Waals surface area contributed by atoms with E-state index < -0.39 is 10.0 Å². The van der Waals surface area contributed by atoms with Crippen molar-refractivity contribution in [2.24, 2.45) is 0 Å². The predicted molar refractivity (Wildman–Crippen MR) is 101 cm³/mol. The molecule has 3 rings (SSSR count). The normalized spacial score (nSPS) is 11.6. The zero-order chi connectivity index (χ0) is 18.6. The molecular weight excluding hydrogens is 350 g/mol. The lowest BCUT2D eigenvalue weighted by Gasteiger charge is -2.07. The Hall–Kier alpha value is -2.64. The van der Waals surface area contributed by atoms with Gasteiger partial charge in [-0.2, -0.15) is 0 Å². The highest BCUT2D eigenvalue weighted by Gasteiger charge is 2.11. The summed E-state index contributed by atoms with van der Waals surface area (Å²) in [5, 5.41) is 4.01. The van der Waals surface area contributed by atoms with Gasteiger partial charge in [0.25, 0.3) is 0 Å². The molecule has 0 aliphatic carbocycles. The molecule has 0 atom stereocenters. The molecule has 2 aromatic carbocycles. The summed E-state index contributed by atoms with van der Waals surface area (Å²) in [5.41, 5.74) is 3.04. The van der Waals surface area contributed by atoms with Crippen molar-refractivity contribution in [2.45, 2.75) is 24.3 Å². The molecule has 1 aromatic heterocycles. The number of amides is 1. The summed E-state index contributed by atoms with van der Waals surface area (Å²) >= 11 is 0. The fraction of sp³-hybridized carbons (Fsp3) is 0.211. The van der Waals surface area contributed by atoms with Gasteiger partial charge in [0.1, 0.15) is 0 Å². The van der Waals surface area contributed by atoms with Crippen molar-refractivity contribution in [3.63, 3.8) is 0 Å². The topological polar surface area (TPSA) is 91.1 Å². The van der Waals surface area contributed by atoms with Gasteiger partial charge in [0.05, 0.1) is 4.90 Å². The number of carbonyl (C=O) groups is 1. The van der Waals surface area contributed by atoms with E-state index in [0.717, 1.165) is 22.0 Å². The van der Waals surface area contributed by atoms with Crippen LogP contribution in [-0.4, -0.2) is 26.4 Å². The fourth-order valence-electron chi connectivity index (χ4n) is 2.78. The summed E-state index contributed by atoms with van der Waals surface area (Å²) in [7, 11) is -2.07. The minimum Gasteiger partial charge on any atom is -0.361 e. The van der Waals surface area contributed by atoms with Gasteiger partial charge in [-0.15, -0.1) is 0 Å². The van der Waals surface area contributed by atoms with Crippen LogP contribution in [-0.2, 0) is 27.8 Å². The Morgan fingerprint density at radius 1 is 1.08 bits per heavy atom. The van der Waals surface area contributed by atoms with Crippen LogP contribution in [0.25, 0.3) is 10.9 Å². The minimum absolute atomic E-state index is 0.0396. The van der Waals surface area contributed by atoms with E-state index >= 15 is 0 Å². The van der Waals surface area contributed by atoms with Gasteiger partial charge >= 0.3 is 0 Å². The average Bonchev–Trinajstić information content (AvgIpc) is 3.08. The van der Waals surface area contributed by atoms with Crippen LogP contribution in [0.4, 0.5) is 0 Å². The van der Waals surface area contributed by atoms with Gasteiger partial charge < -0.3 is 10.3 Å². The molecule has 0 aliphatic heterocycles. The maximum Gasteiger partial charge on any atom is 0.240 e. The Morgan fingerprint density at radius 2 is 1.81 bits per heavy atom. The van der Waals surface area contributed by atoms with Gasteiger partial charge in [0.2, 0.25) is 15.9 Å². The van der Waals surface area contributed by atoms with Crippen LogP contribution in [0.3, 0.4) is 0 Å². The third kappa shape index (κ3) is 4.12. The fourth-order valence-corrected chi connectivity index (χ4v) is 3.51. The molecule has 1 amide bonds. The van der Waals surface area contributed by atoms with Crippen LogP contribution in [0.2, 0.25) is 0 Å². The van der Waals surface area contributed by atoms with Crippen LogP contribution >= 0.6 is 0 Å². The lowest BCUT2D eigenvalue weighted by molar-refractivity contribution is -0.121. The van der Waals surface area contributed by atoms with Crippen LogP contribution in [0.15, 0.2) is 59.6 Å². The highest BCUT2D eigenvalue weighted by Crippen LogP contribution is 2.19. The number of aryl methyl sites for hydroxylation is 1. The second kappa shape index (κ2) is 7.72. The first kappa shape index (κ1) is 18.2. The molecule has 0 bridgehead atoms. The zero-order valence-corrected chi connectivity index (χ0v) is 15.3. The molecule has 0 saturated heterocycles. The molecular formula is C19H21N3O3S. The Kier molecular flexibility index (Phi) is 5.39. The van der Waals surface area contributed by atoms with E-state index in [1.165, 1.54) is 19.2 Å². The van der Waals surface area contributed by atoms with Crippen molar-refractivity contribution < 1.29 is 13.2 Å². The molecule has 7 heteroatoms. The molecule has 0 saturated carbocycles. The van der Waals surface area contributed by atoms with Crippen molar-refractivity contribution >= 4 is 26.8 Å². The van der Waals surface area contributed by atoms with Gasteiger partial charge in [-0.1, -0.05) is 30.3 Å². The molecule has 0 spiro atoms. The number of benzene rings is 2. The molecule has 0 fully saturated rings. The Morgan fingerprint density at radius 3 is 2.54 bits per heavy atom. The van der Waals surface area contributed by atoms with E-state index in [-0.39, 0.29) is 10.8 Å². The van der Waals surface area contributed by atoms with Gasteiger partial charge in [0, 0.05) is 30.1 Å². The first-order valence-corrected chi connectivity index (χ1v) is 9.82. The van der Waals surface area contributed by atoms with Crippen molar-refractivity contribution in [1.29, 1.82) is 0 Å². The van der Waals surface area contributed by atoms with Crippen LogP contribution in [0, 0.1) is 0 Å². The van der Waals surface area contributed by atoms with Gasteiger partial charge in [0.15, 0.2) is 0 Å². The SMILES string of the molecule is CNS(=O)(=O)c1ccc(CNC(=O)CCc2c[nH]c3ccccc23)cc1. The van der Waals surface area contributed by atoms with E-state index in [4.69, 9.17) is 0 Å². The molecule has 136 valence electrons. The summed E-state index contributed by atoms with van der Waals surface area (Å²) in [4.78, 5) is 15.5. The number of hydrogen-bond acceptors (Lipinski definition) is 3. The summed E-state index contributed by atoms with van der Waals surface area (Å²) in [6, 6.07) is 14.5. The molecule has 3 N–H and O–H groups in total. The monoisotopic (exact) mass is 371 g/mol. The Balaban J connectivity index is 1.53. The lowest BCUT2D eigenvalue weighted by Crippen LogP contribution is -2.23. The largest absolute Gasteiger partial charge is 0.361 e. The lowest BCUT2D eigenvalue weighted by atomic mass is 10.1. The number of para-hydroxylation sites is 1. The number of carbonyl (C=O) groups excluding carboxylic acids is 1. The van der Waals surface area contributed by atoms with Gasteiger partial charge in [-0.05, 0) is 42.8 Å². The number of sulfonamides is 1. The van der Waals surface area contributed by atoms with E-state index in [2.05, 4.69) is 15.0 Å². The molecule has 0 radical (unpaired) electrons. The molecule has 0 aliphatic rings. The van der Waals surface area contributed by atoms with E-state index in [1.54, 1.807) is 12.1 Å². The second-order valence-corrected chi connectivity index (χ2v) is 7.87. The minimum atomic E-state index is -3.44. The highest BCUT2D eigenvalue weighted by atomic mass is 32.2. The van der Waals surface area contributed by atoms with Crippen molar-refractivity contribution in [2.75, 3.05) is 7.05 Å². The van der Waals surface area contributed by atoms with Crippen LogP contribution in [0.5, 0.6) is 0 Å². The smallest absolute Gasteiger partial charge is 0.240 e. The summed E-state index contributed by atoms with van der Waals surface area (Å²) in [6.07, 6.45) is 3.00. The zero-order valence-electron chi connectivity index (χ0n) is 14.5. The molecule has 3 aromatic rings. The van der Waals surface area contributed by atoms with E-state index in [9.17, 15) is 13.2 Å². The van der Waals surface area contributed by atoms with Crippen LogP contribution < -0.4 is 10.0 Å². The van der Waals surface area contributed by atoms with Crippen molar-refractivity contribution in [3.8, 4) is 0 Å². The maximum absolute atomic E-state index is 12.1. The molecule has 6 nitrogen and oxygen atoms in total. The molecule has 1 heterocycles. The number of nitrogens with one attached hydrogen (secondary N) is 3. The molecule has 0 unspecified atom stereocenters. The van der Waals surface area contributed by atoms with Gasteiger partial charge in [-0.3, -0.25) is 4.79 Å². The third-order valence-electron chi connectivity index (χ3n) is 4.29. The van der Waals surface area contributed by atoms with Crippen molar-refractivity contribution in [1.82, 2.24) is 15.0 Å². The van der Waals surface area contributed by atoms with E-state index in [0.29, 0.717) is 19.4 Å². The summed E-state index contributed by atoms with van der Waals surface area (Å²) in [6.45, 7) is 0.368. The number of hydrogen-bond donors (Lipinski definition) is 3. The predicted octanol–water partition coefficient (Wildman–Crippen LogP) is 2.33.